The minimum atomic E-state index is -4.64. The molecule has 0 rings (SSSR count). The van der Waals surface area contributed by atoms with Crippen LogP contribution in [0, 0.1) is 0 Å². The standard InChI is InChI=1S/C7H12O4.C4H6O2.H3O4P/c1-5(2)7(10)11-4-6(9)3-8;1-3(2)4(5)6;1-5(2,3)4/h6,8-9H,1,3-4H2,2H3;1H2,2H3,(H,5,6);(H3,1,2,3,4). The zero-order chi connectivity index (χ0) is 18.5. The van der Waals surface area contributed by atoms with Crippen LogP contribution in [0.25, 0.3) is 0 Å². The molecule has 0 saturated carbocycles. The number of hydrogen-bond acceptors (Lipinski definition) is 6. The van der Waals surface area contributed by atoms with Crippen LogP contribution >= 0.6 is 7.82 Å². The minimum absolute atomic E-state index is 0.176. The fraction of sp³-hybridized carbons (Fsp3) is 0.455. The quantitative estimate of drug-likeness (QED) is 0.209. The molecular formula is C11H21O10P. The zero-order valence-corrected chi connectivity index (χ0v) is 13.1. The lowest BCUT2D eigenvalue weighted by Crippen LogP contribution is -2.22. The van der Waals surface area contributed by atoms with Crippen LogP contribution in [-0.2, 0) is 18.9 Å². The highest BCUT2D eigenvalue weighted by Crippen LogP contribution is 2.25. The van der Waals surface area contributed by atoms with Crippen LogP contribution in [0.15, 0.2) is 24.3 Å². The van der Waals surface area contributed by atoms with Crippen LogP contribution in [0.4, 0.5) is 0 Å². The van der Waals surface area contributed by atoms with Crippen LogP contribution in [0.3, 0.4) is 0 Å². The topological polar surface area (TPSA) is 182 Å². The van der Waals surface area contributed by atoms with Gasteiger partial charge >= 0.3 is 19.8 Å². The second-order valence-corrected chi connectivity index (χ2v) is 4.84. The maximum Gasteiger partial charge on any atom is 0.466 e. The van der Waals surface area contributed by atoms with E-state index in [2.05, 4.69) is 17.9 Å². The first-order valence-electron chi connectivity index (χ1n) is 5.51. The molecule has 10 nitrogen and oxygen atoms in total. The van der Waals surface area contributed by atoms with Crippen LogP contribution in [0.1, 0.15) is 13.8 Å². The molecule has 0 aliphatic carbocycles. The van der Waals surface area contributed by atoms with Crippen molar-refractivity contribution in [1.29, 1.82) is 0 Å². The highest BCUT2D eigenvalue weighted by Gasteiger charge is 2.07. The van der Waals surface area contributed by atoms with E-state index >= 15 is 0 Å². The Balaban J connectivity index is -0.000000277. The van der Waals surface area contributed by atoms with Gasteiger partial charge < -0.3 is 34.7 Å². The molecule has 130 valence electrons. The van der Waals surface area contributed by atoms with Crippen molar-refractivity contribution in [3.63, 3.8) is 0 Å². The lowest BCUT2D eigenvalue weighted by Gasteiger charge is -2.07. The van der Waals surface area contributed by atoms with Gasteiger partial charge in [-0.1, -0.05) is 13.2 Å². The monoisotopic (exact) mass is 344 g/mol. The van der Waals surface area contributed by atoms with Crippen LogP contribution in [0.5, 0.6) is 0 Å². The average molecular weight is 344 g/mol. The lowest BCUT2D eigenvalue weighted by atomic mass is 10.3. The Hall–Kier alpha value is -1.55. The fourth-order valence-electron chi connectivity index (χ4n) is 0.348. The number of aliphatic carboxylic acids is 1. The third kappa shape index (κ3) is 31.1. The second-order valence-electron chi connectivity index (χ2n) is 3.81. The summed E-state index contributed by atoms with van der Waals surface area (Å²) in [5, 5.41) is 24.9. The molecule has 0 aromatic heterocycles. The van der Waals surface area contributed by atoms with Gasteiger partial charge in [0.1, 0.15) is 12.7 Å². The Kier molecular flexibility index (Phi) is 15.2. The largest absolute Gasteiger partial charge is 0.478 e. The number of esters is 1. The summed E-state index contributed by atoms with van der Waals surface area (Å²) >= 11 is 0. The van der Waals surface area contributed by atoms with Crippen molar-refractivity contribution in [1.82, 2.24) is 0 Å². The van der Waals surface area contributed by atoms with E-state index in [0.29, 0.717) is 0 Å². The molecule has 0 heterocycles. The number of carbonyl (C=O) groups is 2. The summed E-state index contributed by atoms with van der Waals surface area (Å²) in [6.07, 6.45) is -1.00. The van der Waals surface area contributed by atoms with E-state index in [4.69, 9.17) is 34.6 Å². The van der Waals surface area contributed by atoms with Crippen molar-refractivity contribution in [2.75, 3.05) is 13.2 Å². The number of carboxylic acid groups (broad SMARTS) is 1. The van der Waals surface area contributed by atoms with E-state index in [1.54, 1.807) is 0 Å². The third-order valence-corrected chi connectivity index (χ3v) is 1.33. The Labute approximate surface area is 127 Å². The second kappa shape index (κ2) is 13.1. The maximum absolute atomic E-state index is 10.6. The number of carbonyl (C=O) groups excluding carboxylic acids is 1. The number of ether oxygens (including phenoxy) is 1. The average Bonchev–Trinajstić information content (AvgIpc) is 2.33. The first-order valence-corrected chi connectivity index (χ1v) is 7.07. The zero-order valence-electron chi connectivity index (χ0n) is 12.2. The number of hydrogen-bond donors (Lipinski definition) is 6. The first-order chi connectivity index (χ1) is 9.72. The number of carboxylic acids is 1. The molecule has 0 amide bonds. The van der Waals surface area contributed by atoms with Crippen molar-refractivity contribution in [3.05, 3.63) is 24.3 Å². The smallest absolute Gasteiger partial charge is 0.466 e. The van der Waals surface area contributed by atoms with Gasteiger partial charge in [-0.3, -0.25) is 0 Å². The van der Waals surface area contributed by atoms with E-state index in [0.717, 1.165) is 0 Å². The number of aliphatic hydroxyl groups is 2. The fourth-order valence-corrected chi connectivity index (χ4v) is 0.348. The predicted octanol–water partition coefficient (Wildman–Crippen LogP) is -0.823. The molecule has 6 N–H and O–H groups in total. The van der Waals surface area contributed by atoms with E-state index < -0.39 is 32.5 Å². The number of rotatable bonds is 5. The Morgan fingerprint density at radius 3 is 1.64 bits per heavy atom. The van der Waals surface area contributed by atoms with Gasteiger partial charge in [0.25, 0.3) is 0 Å². The summed E-state index contributed by atoms with van der Waals surface area (Å²) in [4.78, 5) is 41.8. The molecule has 22 heavy (non-hydrogen) atoms. The number of aliphatic hydroxyl groups excluding tert-OH is 2. The van der Waals surface area contributed by atoms with Gasteiger partial charge in [-0.15, -0.1) is 0 Å². The van der Waals surface area contributed by atoms with Gasteiger partial charge in [-0.2, -0.15) is 0 Å². The molecule has 0 aliphatic heterocycles. The van der Waals surface area contributed by atoms with Gasteiger partial charge in [-0.05, 0) is 13.8 Å². The van der Waals surface area contributed by atoms with Crippen molar-refractivity contribution >= 4 is 19.8 Å². The highest BCUT2D eigenvalue weighted by atomic mass is 31.2. The molecule has 0 aliphatic rings. The van der Waals surface area contributed by atoms with E-state index in [9.17, 15) is 9.59 Å². The van der Waals surface area contributed by atoms with E-state index in [1.165, 1.54) is 13.8 Å². The summed E-state index contributed by atoms with van der Waals surface area (Å²) in [6.45, 7) is 8.84. The van der Waals surface area contributed by atoms with Gasteiger partial charge in [0, 0.05) is 11.1 Å². The predicted molar refractivity (Wildman–Crippen MR) is 75.6 cm³/mol. The number of phosphoric acid groups is 1. The third-order valence-electron chi connectivity index (χ3n) is 1.33. The van der Waals surface area contributed by atoms with E-state index in [-0.39, 0.29) is 17.8 Å². The Bertz CT molecular complexity index is 404. The van der Waals surface area contributed by atoms with Gasteiger partial charge in [-0.25, -0.2) is 14.2 Å². The summed E-state index contributed by atoms with van der Waals surface area (Å²) in [5.74, 6) is -1.49. The molecule has 0 fully saturated rings. The molecule has 0 aromatic rings. The summed E-state index contributed by atoms with van der Waals surface area (Å²) in [5.41, 5.74) is 0.449. The van der Waals surface area contributed by atoms with Crippen LogP contribution in [-0.4, -0.2) is 61.3 Å². The first kappa shape index (κ1) is 25.4. The lowest BCUT2D eigenvalue weighted by molar-refractivity contribution is -0.142. The molecule has 0 spiro atoms. The van der Waals surface area contributed by atoms with Crippen molar-refractivity contribution in [2.45, 2.75) is 20.0 Å². The van der Waals surface area contributed by atoms with Gasteiger partial charge in [0.15, 0.2) is 0 Å². The molecule has 1 atom stereocenters. The molecule has 0 bridgehead atoms. The summed E-state index contributed by atoms with van der Waals surface area (Å²) < 4.78 is 13.4. The molecule has 0 saturated heterocycles. The SMILES string of the molecule is C=C(C)C(=O)O.C=C(C)C(=O)OCC(O)CO.O=P(O)(O)O. The molecule has 11 heteroatoms. The maximum atomic E-state index is 10.6. The molecule has 0 aromatic carbocycles. The van der Waals surface area contributed by atoms with Gasteiger partial charge in [0.05, 0.1) is 6.61 Å². The van der Waals surface area contributed by atoms with Crippen molar-refractivity contribution in [2.24, 2.45) is 0 Å². The molecular weight excluding hydrogens is 323 g/mol. The highest BCUT2D eigenvalue weighted by molar-refractivity contribution is 7.45. The molecule has 1 unspecified atom stereocenters. The normalized spacial score (nSPS) is 10.9. The van der Waals surface area contributed by atoms with E-state index in [1.807, 2.05) is 0 Å². The summed E-state index contributed by atoms with van der Waals surface area (Å²) in [6, 6.07) is 0. The summed E-state index contributed by atoms with van der Waals surface area (Å²) in [7, 11) is -4.64. The minimum Gasteiger partial charge on any atom is -0.478 e. The van der Waals surface area contributed by atoms with Crippen LogP contribution in [0.2, 0.25) is 0 Å². The Morgan fingerprint density at radius 2 is 1.45 bits per heavy atom. The van der Waals surface area contributed by atoms with Gasteiger partial charge in [0.2, 0.25) is 0 Å². The Morgan fingerprint density at radius 1 is 1.14 bits per heavy atom. The van der Waals surface area contributed by atoms with Crippen LogP contribution < -0.4 is 0 Å². The molecule has 0 radical (unpaired) electrons. The van der Waals surface area contributed by atoms with Crippen molar-refractivity contribution in [3.8, 4) is 0 Å². The van der Waals surface area contributed by atoms with Crippen molar-refractivity contribution < 1.29 is 48.9 Å².